The molecule has 5 aromatic rings. The van der Waals surface area contributed by atoms with E-state index in [1.54, 1.807) is 0 Å². The minimum Gasteiger partial charge on any atom is -0.0622 e. The second-order valence-electron chi connectivity index (χ2n) is 10.2. The molecule has 0 bridgehead atoms. The maximum absolute atomic E-state index is 2.46. The SMILES string of the molecule is CC(C)(C)c1cc2c(cc1-c1ccccc1)-c1ccccc1-c1ccccc1-c1ccccc1-2. The first-order valence-electron chi connectivity index (χ1n) is 12.0. The van der Waals surface area contributed by atoms with Crippen molar-refractivity contribution in [3.8, 4) is 55.6 Å². The van der Waals surface area contributed by atoms with Gasteiger partial charge >= 0.3 is 0 Å². The maximum atomic E-state index is 2.46. The van der Waals surface area contributed by atoms with Crippen molar-refractivity contribution in [1.29, 1.82) is 0 Å². The van der Waals surface area contributed by atoms with Crippen LogP contribution in [0.1, 0.15) is 26.3 Å². The smallest absolute Gasteiger partial charge is 0.00926 e. The van der Waals surface area contributed by atoms with Gasteiger partial charge in [-0.3, -0.25) is 0 Å². The van der Waals surface area contributed by atoms with Gasteiger partial charge in [-0.2, -0.15) is 0 Å². The molecule has 0 radical (unpaired) electrons. The van der Waals surface area contributed by atoms with Gasteiger partial charge in [0.15, 0.2) is 0 Å². The predicted octanol–water partition coefficient (Wildman–Crippen LogP) is 9.63. The fourth-order valence-electron chi connectivity index (χ4n) is 5.38. The first kappa shape index (κ1) is 20.7. The Bertz CT molecular complexity index is 1510. The Kier molecular flexibility index (Phi) is 4.78. The number of fused-ring (bicyclic) bond motifs is 8. The van der Waals surface area contributed by atoms with E-state index in [-0.39, 0.29) is 5.41 Å². The molecule has 0 aromatic heterocycles. The van der Waals surface area contributed by atoms with Crippen LogP contribution in [0, 0.1) is 0 Å². The van der Waals surface area contributed by atoms with E-state index in [1.165, 1.54) is 61.2 Å². The highest BCUT2D eigenvalue weighted by molar-refractivity contribution is 6.04. The van der Waals surface area contributed by atoms with Crippen LogP contribution >= 0.6 is 0 Å². The molecule has 0 unspecified atom stereocenters. The van der Waals surface area contributed by atoms with E-state index >= 15 is 0 Å². The van der Waals surface area contributed by atoms with Crippen LogP contribution in [0.2, 0.25) is 0 Å². The lowest BCUT2D eigenvalue weighted by atomic mass is 9.75. The average Bonchev–Trinajstić information content (AvgIpc) is 2.87. The Morgan fingerprint density at radius 2 is 0.706 bits per heavy atom. The third-order valence-electron chi connectivity index (χ3n) is 6.99. The first-order valence-corrected chi connectivity index (χ1v) is 12.0. The van der Waals surface area contributed by atoms with Crippen LogP contribution in [0.3, 0.4) is 0 Å². The number of hydrogen-bond donors (Lipinski definition) is 0. The van der Waals surface area contributed by atoms with Crippen molar-refractivity contribution in [2.75, 3.05) is 0 Å². The van der Waals surface area contributed by atoms with Gasteiger partial charge in [0, 0.05) is 0 Å². The van der Waals surface area contributed by atoms with Crippen LogP contribution in [0.15, 0.2) is 115 Å². The Balaban J connectivity index is 1.79. The van der Waals surface area contributed by atoms with Crippen molar-refractivity contribution in [1.82, 2.24) is 0 Å². The summed E-state index contributed by atoms with van der Waals surface area (Å²) in [6.45, 7) is 6.96. The molecule has 0 saturated heterocycles. The van der Waals surface area contributed by atoms with Crippen molar-refractivity contribution in [2.24, 2.45) is 0 Å². The molecule has 0 fully saturated rings. The van der Waals surface area contributed by atoms with Crippen LogP contribution in [0.25, 0.3) is 55.6 Å². The first-order chi connectivity index (χ1) is 16.5. The van der Waals surface area contributed by atoms with Gasteiger partial charge in [-0.05, 0) is 78.7 Å². The molecule has 0 spiro atoms. The molecule has 0 nitrogen and oxygen atoms in total. The van der Waals surface area contributed by atoms with Gasteiger partial charge in [0.2, 0.25) is 0 Å². The zero-order valence-electron chi connectivity index (χ0n) is 20.0. The van der Waals surface area contributed by atoms with Crippen LogP contribution in [-0.4, -0.2) is 0 Å². The third kappa shape index (κ3) is 3.30. The van der Waals surface area contributed by atoms with Gasteiger partial charge in [0.25, 0.3) is 0 Å². The fourth-order valence-corrected chi connectivity index (χ4v) is 5.38. The van der Waals surface area contributed by atoms with Crippen molar-refractivity contribution in [3.05, 3.63) is 121 Å². The molecule has 0 heterocycles. The summed E-state index contributed by atoms with van der Waals surface area (Å²) in [4.78, 5) is 0. The molecule has 0 heteroatoms. The average molecular weight is 437 g/mol. The van der Waals surface area contributed by atoms with Crippen molar-refractivity contribution < 1.29 is 0 Å². The summed E-state index contributed by atoms with van der Waals surface area (Å²) in [5, 5.41) is 0. The lowest BCUT2D eigenvalue weighted by Crippen LogP contribution is -2.13. The number of rotatable bonds is 1. The Hall–Kier alpha value is -3.90. The second kappa shape index (κ2) is 7.85. The molecule has 1 aliphatic rings. The normalized spacial score (nSPS) is 12.0. The minimum absolute atomic E-state index is 0.00887. The van der Waals surface area contributed by atoms with Gasteiger partial charge < -0.3 is 0 Å². The van der Waals surface area contributed by atoms with Gasteiger partial charge in [-0.25, -0.2) is 0 Å². The lowest BCUT2D eigenvalue weighted by molar-refractivity contribution is 0.592. The van der Waals surface area contributed by atoms with E-state index in [0.29, 0.717) is 0 Å². The minimum atomic E-state index is 0.00887. The van der Waals surface area contributed by atoms with Crippen LogP contribution in [0.4, 0.5) is 0 Å². The molecular formula is C34H28. The summed E-state index contributed by atoms with van der Waals surface area (Å²) < 4.78 is 0. The van der Waals surface area contributed by atoms with Gasteiger partial charge in [-0.15, -0.1) is 0 Å². The van der Waals surface area contributed by atoms with Crippen molar-refractivity contribution in [3.63, 3.8) is 0 Å². The summed E-state index contributed by atoms with van der Waals surface area (Å²) in [6, 6.07) is 42.3. The molecule has 0 amide bonds. The van der Waals surface area contributed by atoms with E-state index in [0.717, 1.165) is 0 Å². The molecule has 5 aromatic carbocycles. The maximum Gasteiger partial charge on any atom is -0.00926 e. The lowest BCUT2D eigenvalue weighted by Gasteiger charge is -2.29. The molecule has 0 N–H and O–H groups in total. The molecule has 6 rings (SSSR count). The van der Waals surface area contributed by atoms with E-state index in [1.807, 2.05) is 0 Å². The zero-order chi connectivity index (χ0) is 23.3. The summed E-state index contributed by atoms with van der Waals surface area (Å²) in [7, 11) is 0. The summed E-state index contributed by atoms with van der Waals surface area (Å²) in [5.41, 5.74) is 14.3. The van der Waals surface area contributed by atoms with Crippen molar-refractivity contribution >= 4 is 0 Å². The van der Waals surface area contributed by atoms with Crippen LogP contribution in [-0.2, 0) is 5.41 Å². The summed E-state index contributed by atoms with van der Waals surface area (Å²) in [5.74, 6) is 0. The Morgan fingerprint density at radius 1 is 0.353 bits per heavy atom. The van der Waals surface area contributed by atoms with Gasteiger partial charge in [0.1, 0.15) is 0 Å². The highest BCUT2D eigenvalue weighted by atomic mass is 14.3. The van der Waals surface area contributed by atoms with E-state index < -0.39 is 0 Å². The zero-order valence-corrected chi connectivity index (χ0v) is 20.0. The number of hydrogen-bond acceptors (Lipinski definition) is 0. The van der Waals surface area contributed by atoms with E-state index in [4.69, 9.17) is 0 Å². The molecule has 0 atom stereocenters. The van der Waals surface area contributed by atoms with E-state index in [2.05, 4.69) is 136 Å². The van der Waals surface area contributed by atoms with Gasteiger partial charge in [-0.1, -0.05) is 124 Å². The highest BCUT2D eigenvalue weighted by Gasteiger charge is 2.26. The van der Waals surface area contributed by atoms with Gasteiger partial charge in [0.05, 0.1) is 0 Å². The predicted molar refractivity (Wildman–Crippen MR) is 146 cm³/mol. The van der Waals surface area contributed by atoms with Crippen LogP contribution in [0.5, 0.6) is 0 Å². The molecule has 164 valence electrons. The third-order valence-corrected chi connectivity index (χ3v) is 6.99. The molecule has 34 heavy (non-hydrogen) atoms. The Morgan fingerprint density at radius 3 is 1.12 bits per heavy atom. The second-order valence-corrected chi connectivity index (χ2v) is 10.2. The largest absolute Gasteiger partial charge is 0.0622 e. The van der Waals surface area contributed by atoms with E-state index in [9.17, 15) is 0 Å². The topological polar surface area (TPSA) is 0 Å². The highest BCUT2D eigenvalue weighted by Crippen LogP contribution is 2.50. The standard InChI is InChI=1S/C34H28/c1-34(2,3)33-22-32-29-20-12-10-18-27(29)25-16-8-7-15-24(25)26-17-9-11-19-28(26)31(32)21-30(33)23-13-5-4-6-14-23/h4-22H,1-3H3. The molecule has 0 aliphatic heterocycles. The number of benzene rings is 5. The van der Waals surface area contributed by atoms with Crippen molar-refractivity contribution in [2.45, 2.75) is 26.2 Å². The molecule has 0 saturated carbocycles. The molecular weight excluding hydrogens is 408 g/mol. The summed E-state index contributed by atoms with van der Waals surface area (Å²) >= 11 is 0. The summed E-state index contributed by atoms with van der Waals surface area (Å²) in [6.07, 6.45) is 0. The van der Waals surface area contributed by atoms with Crippen LogP contribution < -0.4 is 0 Å². The monoisotopic (exact) mass is 436 g/mol. The molecule has 1 aliphatic carbocycles. The fraction of sp³-hybridized carbons (Fsp3) is 0.118. The quantitative estimate of drug-likeness (QED) is 0.241. The Labute approximate surface area is 202 Å².